The fourth-order valence-corrected chi connectivity index (χ4v) is 5.71. The average Bonchev–Trinajstić information content (AvgIpc) is 3.09. The Balaban J connectivity index is 1.39. The van der Waals surface area contributed by atoms with Crippen molar-refractivity contribution >= 4 is 23.4 Å². The Morgan fingerprint density at radius 2 is 1.61 bits per heavy atom. The zero-order valence-corrected chi connectivity index (χ0v) is 20.0. The Hall–Kier alpha value is -2.67. The zero-order valence-electron chi connectivity index (χ0n) is 20.0. The zero-order chi connectivity index (χ0) is 23.5. The summed E-state index contributed by atoms with van der Waals surface area (Å²) < 4.78 is 0. The van der Waals surface area contributed by atoms with Gasteiger partial charge >= 0.3 is 0 Å². The molecule has 2 fully saturated rings. The number of rotatable bonds is 4. The number of benzene rings is 1. The molecule has 1 aromatic carbocycles. The molecule has 0 bridgehead atoms. The smallest absolute Gasteiger partial charge is 0.239 e. The minimum absolute atomic E-state index is 0.00140. The number of para-hydroxylation sites is 1. The second-order valence-corrected chi connectivity index (χ2v) is 9.85. The lowest BCUT2D eigenvalue weighted by Crippen LogP contribution is -2.50. The number of fused-ring (bicyclic) bond motifs is 1. The number of amides is 3. The molecule has 1 saturated heterocycles. The number of hydrazine groups is 1. The molecule has 0 spiro atoms. The first-order valence-electron chi connectivity index (χ1n) is 12.2. The number of anilines is 1. The van der Waals surface area contributed by atoms with E-state index in [0.717, 1.165) is 37.2 Å². The first-order valence-corrected chi connectivity index (χ1v) is 12.2. The molecule has 2 aliphatic heterocycles. The van der Waals surface area contributed by atoms with Crippen LogP contribution in [0.25, 0.3) is 0 Å². The van der Waals surface area contributed by atoms with Crippen LogP contribution in [0.1, 0.15) is 77.2 Å². The summed E-state index contributed by atoms with van der Waals surface area (Å²) in [5.74, 6) is -1.21. The summed E-state index contributed by atoms with van der Waals surface area (Å²) in [6.45, 7) is 7.81. The molecule has 0 aromatic heterocycles. The van der Waals surface area contributed by atoms with Crippen molar-refractivity contribution in [1.29, 1.82) is 0 Å². The number of carbonyl (C=O) groups excluding carboxylic acids is 3. The van der Waals surface area contributed by atoms with Crippen molar-refractivity contribution in [1.82, 2.24) is 15.8 Å². The van der Waals surface area contributed by atoms with Crippen LogP contribution in [0.15, 0.2) is 35.4 Å². The van der Waals surface area contributed by atoms with Crippen LogP contribution < -0.4 is 15.8 Å². The van der Waals surface area contributed by atoms with Gasteiger partial charge in [-0.2, -0.15) is 0 Å². The van der Waals surface area contributed by atoms with Crippen LogP contribution >= 0.6 is 0 Å². The number of hydrogen-bond donors (Lipinski definition) is 2. The molecule has 7 nitrogen and oxygen atoms in total. The highest BCUT2D eigenvalue weighted by molar-refractivity contribution is 6.07. The SMILES string of the molecule is CC(=O)NNC(=O)CC1C(=O)N(C2CCN(C3CCC(=C(C)C)CC3)CC2)c2ccccc21. The van der Waals surface area contributed by atoms with Crippen molar-refractivity contribution in [3.8, 4) is 0 Å². The van der Waals surface area contributed by atoms with Crippen LogP contribution in [0, 0.1) is 0 Å². The van der Waals surface area contributed by atoms with E-state index in [1.54, 1.807) is 5.57 Å². The van der Waals surface area contributed by atoms with E-state index >= 15 is 0 Å². The van der Waals surface area contributed by atoms with Gasteiger partial charge < -0.3 is 9.80 Å². The second kappa shape index (κ2) is 10.1. The third-order valence-electron chi connectivity index (χ3n) is 7.52. The second-order valence-electron chi connectivity index (χ2n) is 9.85. The Bertz CT molecular complexity index is 935. The van der Waals surface area contributed by atoms with Gasteiger partial charge in [0.2, 0.25) is 17.7 Å². The molecule has 3 amide bonds. The number of likely N-dealkylation sites (tertiary alicyclic amines) is 1. The number of allylic oxidation sites excluding steroid dienone is 2. The molecular formula is C26H36N4O3. The standard InChI is InChI=1S/C26H36N4O3/c1-17(2)19-8-10-20(11-9-19)29-14-12-21(13-15-29)30-24-7-5-4-6-22(24)23(26(30)33)16-25(32)28-27-18(3)31/h4-7,20-21,23H,8-16H2,1-3H3,(H,27,31)(H,28,32). The number of carbonyl (C=O) groups is 3. The van der Waals surface area contributed by atoms with E-state index in [1.807, 2.05) is 29.2 Å². The van der Waals surface area contributed by atoms with Crippen LogP contribution in [0.4, 0.5) is 5.69 Å². The van der Waals surface area contributed by atoms with E-state index in [1.165, 1.54) is 38.2 Å². The number of nitrogens with one attached hydrogen (secondary N) is 2. The fourth-order valence-electron chi connectivity index (χ4n) is 5.71. The van der Waals surface area contributed by atoms with Gasteiger partial charge in [0.25, 0.3) is 0 Å². The Morgan fingerprint density at radius 1 is 0.939 bits per heavy atom. The number of hydrogen-bond acceptors (Lipinski definition) is 4. The molecule has 178 valence electrons. The quantitative estimate of drug-likeness (QED) is 0.542. The molecule has 33 heavy (non-hydrogen) atoms. The molecule has 1 aliphatic carbocycles. The van der Waals surface area contributed by atoms with Crippen molar-refractivity contribution in [2.24, 2.45) is 0 Å². The van der Waals surface area contributed by atoms with Crippen molar-refractivity contribution in [2.45, 2.75) is 83.7 Å². The van der Waals surface area contributed by atoms with E-state index in [-0.39, 0.29) is 30.2 Å². The summed E-state index contributed by atoms with van der Waals surface area (Å²) in [7, 11) is 0. The highest BCUT2D eigenvalue weighted by Crippen LogP contribution is 2.42. The van der Waals surface area contributed by atoms with Crippen LogP contribution in [-0.2, 0) is 14.4 Å². The van der Waals surface area contributed by atoms with Gasteiger partial charge in [0.1, 0.15) is 0 Å². The summed E-state index contributed by atoms with van der Waals surface area (Å²) in [6, 6.07) is 8.63. The fraction of sp³-hybridized carbons (Fsp3) is 0.577. The number of nitrogens with zero attached hydrogens (tertiary/aromatic N) is 2. The Kier molecular flexibility index (Phi) is 7.17. The maximum absolute atomic E-state index is 13.5. The molecule has 1 unspecified atom stereocenters. The lowest BCUT2D eigenvalue weighted by Gasteiger charge is -2.42. The molecule has 2 heterocycles. The molecule has 0 radical (unpaired) electrons. The molecule has 4 rings (SSSR count). The molecule has 2 N–H and O–H groups in total. The normalized spacial score (nSPS) is 23.9. The van der Waals surface area contributed by atoms with Gasteiger partial charge in [-0.3, -0.25) is 25.2 Å². The molecule has 1 atom stereocenters. The maximum Gasteiger partial charge on any atom is 0.239 e. The van der Waals surface area contributed by atoms with E-state index in [2.05, 4.69) is 29.6 Å². The predicted octanol–water partition coefficient (Wildman–Crippen LogP) is 3.42. The Morgan fingerprint density at radius 3 is 2.24 bits per heavy atom. The van der Waals surface area contributed by atoms with Gasteiger partial charge in [-0.05, 0) is 64.0 Å². The highest BCUT2D eigenvalue weighted by atomic mass is 16.2. The molecular weight excluding hydrogens is 416 g/mol. The molecule has 3 aliphatic rings. The van der Waals surface area contributed by atoms with Gasteiger partial charge in [0.15, 0.2) is 0 Å². The van der Waals surface area contributed by atoms with Crippen LogP contribution in [0.2, 0.25) is 0 Å². The largest absolute Gasteiger partial charge is 0.308 e. The van der Waals surface area contributed by atoms with E-state index in [0.29, 0.717) is 6.04 Å². The van der Waals surface area contributed by atoms with Gasteiger partial charge in [-0.1, -0.05) is 29.3 Å². The lowest BCUT2D eigenvalue weighted by molar-refractivity contribution is -0.129. The topological polar surface area (TPSA) is 81.8 Å². The lowest BCUT2D eigenvalue weighted by atomic mass is 9.86. The van der Waals surface area contributed by atoms with Crippen LogP contribution in [-0.4, -0.2) is 47.8 Å². The summed E-state index contributed by atoms with van der Waals surface area (Å²) in [5, 5.41) is 0. The Labute approximate surface area is 196 Å². The van der Waals surface area contributed by atoms with E-state index < -0.39 is 5.92 Å². The molecule has 7 heteroatoms. The predicted molar refractivity (Wildman–Crippen MR) is 128 cm³/mol. The van der Waals surface area contributed by atoms with Crippen molar-refractivity contribution in [3.63, 3.8) is 0 Å². The average molecular weight is 453 g/mol. The van der Waals surface area contributed by atoms with Crippen LogP contribution in [0.3, 0.4) is 0 Å². The maximum atomic E-state index is 13.5. The van der Waals surface area contributed by atoms with Crippen molar-refractivity contribution in [3.05, 3.63) is 41.0 Å². The van der Waals surface area contributed by atoms with Crippen LogP contribution in [0.5, 0.6) is 0 Å². The summed E-state index contributed by atoms with van der Waals surface area (Å²) in [4.78, 5) is 41.4. The summed E-state index contributed by atoms with van der Waals surface area (Å²) >= 11 is 0. The third kappa shape index (κ3) is 5.13. The first kappa shape index (κ1) is 23.5. The number of piperidine rings is 1. The van der Waals surface area contributed by atoms with Crippen molar-refractivity contribution < 1.29 is 14.4 Å². The van der Waals surface area contributed by atoms with Crippen molar-refractivity contribution in [2.75, 3.05) is 18.0 Å². The molecule has 1 saturated carbocycles. The van der Waals surface area contributed by atoms with Gasteiger partial charge in [0, 0.05) is 44.2 Å². The monoisotopic (exact) mass is 452 g/mol. The highest BCUT2D eigenvalue weighted by Gasteiger charge is 2.42. The van der Waals surface area contributed by atoms with Gasteiger partial charge in [-0.25, -0.2) is 0 Å². The van der Waals surface area contributed by atoms with Gasteiger partial charge in [-0.15, -0.1) is 0 Å². The van der Waals surface area contributed by atoms with Gasteiger partial charge in [0.05, 0.1) is 5.92 Å². The first-order chi connectivity index (χ1) is 15.8. The minimum Gasteiger partial charge on any atom is -0.308 e. The minimum atomic E-state index is -0.506. The van der Waals surface area contributed by atoms with E-state index in [4.69, 9.17) is 0 Å². The van der Waals surface area contributed by atoms with E-state index in [9.17, 15) is 14.4 Å². The summed E-state index contributed by atoms with van der Waals surface area (Å²) in [5.41, 5.74) is 9.65. The summed E-state index contributed by atoms with van der Waals surface area (Å²) in [6.07, 6.45) is 6.85. The molecule has 1 aromatic rings. The third-order valence-corrected chi connectivity index (χ3v) is 7.52.